The molecule has 3 rings (SSSR count). The van der Waals surface area contributed by atoms with Crippen LogP contribution in [0.4, 0.5) is 0 Å². The average Bonchev–Trinajstić information content (AvgIpc) is 3.05. The highest BCUT2D eigenvalue weighted by atomic mass is 35.5. The Labute approximate surface area is 142 Å². The van der Waals surface area contributed by atoms with Crippen LogP contribution in [0.15, 0.2) is 40.8 Å². The summed E-state index contributed by atoms with van der Waals surface area (Å²) in [5, 5.41) is 9.56. The number of hydrogen-bond donors (Lipinski definition) is 1. The zero-order valence-electron chi connectivity index (χ0n) is 12.1. The van der Waals surface area contributed by atoms with Gasteiger partial charge in [-0.05, 0) is 29.8 Å². The number of halogens is 1. The fourth-order valence-corrected chi connectivity index (χ4v) is 3.73. The number of carboxylic acids is 1. The van der Waals surface area contributed by atoms with Gasteiger partial charge in [-0.3, -0.25) is 4.79 Å². The summed E-state index contributed by atoms with van der Waals surface area (Å²) in [5.41, 5.74) is 1.000. The minimum absolute atomic E-state index is 0.0493. The summed E-state index contributed by atoms with van der Waals surface area (Å²) in [6, 6.07) is 10.0. The third-order valence-electron chi connectivity index (χ3n) is 3.67. The highest BCUT2D eigenvalue weighted by Crippen LogP contribution is 2.31. The maximum Gasteiger partial charge on any atom is 0.371 e. The fourth-order valence-electron chi connectivity index (χ4n) is 2.52. The quantitative estimate of drug-likeness (QED) is 0.915. The van der Waals surface area contributed by atoms with Crippen molar-refractivity contribution in [1.29, 1.82) is 0 Å². The number of carbonyl (C=O) groups is 2. The molecule has 1 aromatic carbocycles. The van der Waals surface area contributed by atoms with E-state index >= 15 is 0 Å². The van der Waals surface area contributed by atoms with Gasteiger partial charge in [-0.15, -0.1) is 0 Å². The first-order valence-corrected chi connectivity index (χ1v) is 8.57. The van der Waals surface area contributed by atoms with Gasteiger partial charge in [0, 0.05) is 23.1 Å². The molecule has 1 atom stereocenters. The standard InChI is InChI=1S/C16H14ClNO4S/c17-11-3-1-10(2-4-11)12-9-23-8-7-18(12)15(19)13-5-6-14(22-13)16(20)21/h1-6,12H,7-9H2,(H,20,21). The van der Waals surface area contributed by atoms with Gasteiger partial charge in [0.15, 0.2) is 5.76 Å². The highest BCUT2D eigenvalue weighted by Gasteiger charge is 2.31. The summed E-state index contributed by atoms with van der Waals surface area (Å²) in [4.78, 5) is 25.3. The molecule has 2 heterocycles. The highest BCUT2D eigenvalue weighted by molar-refractivity contribution is 7.99. The molecule has 1 amide bonds. The van der Waals surface area contributed by atoms with E-state index in [1.54, 1.807) is 28.8 Å². The molecule has 1 aromatic heterocycles. The maximum atomic E-state index is 12.7. The van der Waals surface area contributed by atoms with Crippen LogP contribution in [-0.4, -0.2) is 39.9 Å². The molecule has 0 aliphatic carbocycles. The van der Waals surface area contributed by atoms with Crippen LogP contribution < -0.4 is 0 Å². The molecule has 2 aromatic rings. The van der Waals surface area contributed by atoms with Gasteiger partial charge in [0.1, 0.15) is 0 Å². The SMILES string of the molecule is O=C(O)c1ccc(C(=O)N2CCSCC2c2ccc(Cl)cc2)o1. The number of nitrogens with zero attached hydrogens (tertiary/aromatic N) is 1. The van der Waals surface area contributed by atoms with Crippen LogP contribution in [0.3, 0.4) is 0 Å². The Kier molecular flexibility index (Phi) is 4.63. The molecule has 1 aliphatic rings. The molecule has 1 N–H and O–H groups in total. The zero-order valence-corrected chi connectivity index (χ0v) is 13.6. The van der Waals surface area contributed by atoms with E-state index in [2.05, 4.69) is 0 Å². The second kappa shape index (κ2) is 6.68. The zero-order chi connectivity index (χ0) is 16.4. The number of amides is 1. The molecule has 7 heteroatoms. The second-order valence-corrected chi connectivity index (χ2v) is 6.70. The van der Waals surface area contributed by atoms with Crippen LogP contribution in [0.1, 0.15) is 32.7 Å². The van der Waals surface area contributed by atoms with Crippen molar-refractivity contribution in [2.75, 3.05) is 18.1 Å². The molecule has 1 unspecified atom stereocenters. The number of hydrogen-bond acceptors (Lipinski definition) is 4. The molecular weight excluding hydrogens is 338 g/mol. The van der Waals surface area contributed by atoms with E-state index in [9.17, 15) is 9.59 Å². The first-order chi connectivity index (χ1) is 11.1. The molecule has 0 saturated carbocycles. The third-order valence-corrected chi connectivity index (χ3v) is 4.95. The first kappa shape index (κ1) is 16.0. The average molecular weight is 352 g/mol. The van der Waals surface area contributed by atoms with Crippen molar-refractivity contribution in [3.05, 3.63) is 58.5 Å². The van der Waals surface area contributed by atoms with Crippen molar-refractivity contribution in [3.63, 3.8) is 0 Å². The van der Waals surface area contributed by atoms with Crippen molar-refractivity contribution in [2.45, 2.75) is 6.04 Å². The van der Waals surface area contributed by atoms with Crippen molar-refractivity contribution in [1.82, 2.24) is 4.90 Å². The number of benzene rings is 1. The minimum Gasteiger partial charge on any atom is -0.475 e. The molecule has 120 valence electrons. The van der Waals surface area contributed by atoms with Gasteiger partial charge >= 0.3 is 5.97 Å². The lowest BCUT2D eigenvalue weighted by atomic mass is 10.1. The molecule has 0 bridgehead atoms. The normalized spacial score (nSPS) is 18.0. The van der Waals surface area contributed by atoms with Gasteiger partial charge in [0.2, 0.25) is 5.76 Å². The van der Waals surface area contributed by atoms with Crippen molar-refractivity contribution < 1.29 is 19.1 Å². The number of rotatable bonds is 3. The van der Waals surface area contributed by atoms with Gasteiger partial charge in [0.25, 0.3) is 5.91 Å². The molecule has 0 radical (unpaired) electrons. The van der Waals surface area contributed by atoms with Crippen LogP contribution in [0.5, 0.6) is 0 Å². The molecule has 5 nitrogen and oxygen atoms in total. The lowest BCUT2D eigenvalue weighted by Crippen LogP contribution is -2.40. The summed E-state index contributed by atoms with van der Waals surface area (Å²) in [6.07, 6.45) is 0. The molecule has 0 spiro atoms. The number of furan rings is 1. The Morgan fingerprint density at radius 1 is 1.17 bits per heavy atom. The molecule has 23 heavy (non-hydrogen) atoms. The predicted octanol–water partition coefficient (Wildman–Crippen LogP) is 3.56. The largest absolute Gasteiger partial charge is 0.475 e. The van der Waals surface area contributed by atoms with E-state index in [0.717, 1.165) is 17.1 Å². The summed E-state index contributed by atoms with van der Waals surface area (Å²) in [6.45, 7) is 0.583. The smallest absolute Gasteiger partial charge is 0.371 e. The lowest BCUT2D eigenvalue weighted by molar-refractivity contribution is 0.0634. The van der Waals surface area contributed by atoms with Crippen LogP contribution in [-0.2, 0) is 0 Å². The number of carboxylic acid groups (broad SMARTS) is 1. The van der Waals surface area contributed by atoms with Crippen molar-refractivity contribution in [2.24, 2.45) is 0 Å². The van der Waals surface area contributed by atoms with Crippen LogP contribution in [0.25, 0.3) is 0 Å². The van der Waals surface area contributed by atoms with Crippen molar-refractivity contribution >= 4 is 35.2 Å². The summed E-state index contributed by atoms with van der Waals surface area (Å²) in [7, 11) is 0. The topological polar surface area (TPSA) is 70.8 Å². The monoisotopic (exact) mass is 351 g/mol. The molecule has 1 saturated heterocycles. The van der Waals surface area contributed by atoms with E-state index in [4.69, 9.17) is 21.1 Å². The third kappa shape index (κ3) is 3.38. The Bertz CT molecular complexity index is 728. The van der Waals surface area contributed by atoms with E-state index in [-0.39, 0.29) is 23.5 Å². The van der Waals surface area contributed by atoms with Crippen LogP contribution in [0, 0.1) is 0 Å². The molecular formula is C16H14ClNO4S. The number of aromatic carboxylic acids is 1. The Morgan fingerprint density at radius 3 is 2.52 bits per heavy atom. The summed E-state index contributed by atoms with van der Waals surface area (Å²) in [5.74, 6) is -0.0522. The lowest BCUT2D eigenvalue weighted by Gasteiger charge is -2.35. The number of carbonyl (C=O) groups excluding carboxylic acids is 1. The number of thioether (sulfide) groups is 1. The van der Waals surface area contributed by atoms with Gasteiger partial charge < -0.3 is 14.4 Å². The van der Waals surface area contributed by atoms with Gasteiger partial charge in [-0.2, -0.15) is 11.8 Å². The van der Waals surface area contributed by atoms with Crippen LogP contribution in [0.2, 0.25) is 5.02 Å². The summed E-state index contributed by atoms with van der Waals surface area (Å²) >= 11 is 7.70. The minimum atomic E-state index is -1.19. The van der Waals surface area contributed by atoms with Gasteiger partial charge in [-0.25, -0.2) is 4.79 Å². The maximum absolute atomic E-state index is 12.7. The Morgan fingerprint density at radius 2 is 1.87 bits per heavy atom. The van der Waals surface area contributed by atoms with E-state index in [1.165, 1.54) is 12.1 Å². The van der Waals surface area contributed by atoms with E-state index in [0.29, 0.717) is 11.6 Å². The molecule has 1 aliphatic heterocycles. The summed E-state index contributed by atoms with van der Waals surface area (Å²) < 4.78 is 5.14. The van der Waals surface area contributed by atoms with Gasteiger partial charge in [0.05, 0.1) is 6.04 Å². The van der Waals surface area contributed by atoms with Crippen LogP contribution >= 0.6 is 23.4 Å². The van der Waals surface area contributed by atoms with Crippen molar-refractivity contribution in [3.8, 4) is 0 Å². The Hall–Kier alpha value is -1.92. The van der Waals surface area contributed by atoms with Gasteiger partial charge in [-0.1, -0.05) is 23.7 Å². The van der Waals surface area contributed by atoms with E-state index in [1.807, 2.05) is 12.1 Å². The predicted molar refractivity (Wildman–Crippen MR) is 88.2 cm³/mol. The fraction of sp³-hybridized carbons (Fsp3) is 0.250. The first-order valence-electron chi connectivity index (χ1n) is 7.03. The second-order valence-electron chi connectivity index (χ2n) is 5.11. The molecule has 1 fully saturated rings. The van der Waals surface area contributed by atoms with E-state index < -0.39 is 5.97 Å². The Balaban J connectivity index is 1.86.